The number of hydrogen-bond donors (Lipinski definition) is 1. The van der Waals surface area contributed by atoms with Crippen LogP contribution in [-0.4, -0.2) is 31.8 Å². The van der Waals surface area contributed by atoms with Crippen molar-refractivity contribution in [1.82, 2.24) is 19.7 Å². The van der Waals surface area contributed by atoms with E-state index in [0.29, 0.717) is 11.5 Å². The zero-order valence-electron chi connectivity index (χ0n) is 13.0. The first kappa shape index (κ1) is 15.4. The van der Waals surface area contributed by atoms with Gasteiger partial charge in [0.05, 0.1) is 12.0 Å². The third kappa shape index (κ3) is 3.29. The van der Waals surface area contributed by atoms with E-state index in [-0.39, 0.29) is 11.6 Å². The molecule has 122 valence electrons. The molecule has 1 aromatic carbocycles. The van der Waals surface area contributed by atoms with Gasteiger partial charge in [-0.3, -0.25) is 10.1 Å². The molecule has 0 amide bonds. The second-order valence-corrected chi connectivity index (χ2v) is 4.95. The number of methoxy groups -OCH3 is 1. The van der Waals surface area contributed by atoms with E-state index in [9.17, 15) is 10.1 Å². The minimum Gasteiger partial charge on any atom is -0.497 e. The summed E-state index contributed by atoms with van der Waals surface area (Å²) in [4.78, 5) is 18.8. The Labute approximate surface area is 137 Å². The van der Waals surface area contributed by atoms with Crippen LogP contribution in [0.25, 0.3) is 5.95 Å². The quantitative estimate of drug-likeness (QED) is 0.567. The first-order valence-electron chi connectivity index (χ1n) is 7.01. The summed E-state index contributed by atoms with van der Waals surface area (Å²) >= 11 is 0. The molecule has 0 fully saturated rings. The van der Waals surface area contributed by atoms with Gasteiger partial charge in [-0.2, -0.15) is 14.8 Å². The van der Waals surface area contributed by atoms with Crippen molar-refractivity contribution >= 4 is 17.2 Å². The van der Waals surface area contributed by atoms with Crippen molar-refractivity contribution in [2.24, 2.45) is 0 Å². The Bertz CT molecular complexity index is 875. The van der Waals surface area contributed by atoms with Gasteiger partial charge in [0.2, 0.25) is 0 Å². The highest BCUT2D eigenvalue weighted by molar-refractivity contribution is 5.57. The van der Waals surface area contributed by atoms with Crippen LogP contribution in [0, 0.1) is 17.0 Å². The molecule has 0 aliphatic carbocycles. The molecule has 0 aliphatic rings. The molecule has 3 aromatic rings. The van der Waals surface area contributed by atoms with Crippen LogP contribution in [0.4, 0.5) is 17.2 Å². The molecule has 0 spiro atoms. The molecule has 2 aromatic heterocycles. The number of hydrogen-bond acceptors (Lipinski definition) is 7. The van der Waals surface area contributed by atoms with E-state index < -0.39 is 4.92 Å². The lowest BCUT2D eigenvalue weighted by molar-refractivity contribution is -0.384. The van der Waals surface area contributed by atoms with Gasteiger partial charge in [-0.05, 0) is 31.2 Å². The molecule has 2 heterocycles. The van der Waals surface area contributed by atoms with Crippen LogP contribution >= 0.6 is 0 Å². The summed E-state index contributed by atoms with van der Waals surface area (Å²) in [5, 5.41) is 17.8. The molecule has 0 atom stereocenters. The number of nitrogens with zero attached hydrogens (tertiary/aromatic N) is 5. The molecule has 9 nitrogen and oxygen atoms in total. The molecule has 0 aliphatic heterocycles. The molecular formula is C15H14N6O3. The first-order valence-corrected chi connectivity index (χ1v) is 7.01. The first-order chi connectivity index (χ1) is 11.5. The smallest absolute Gasteiger partial charge is 0.307 e. The summed E-state index contributed by atoms with van der Waals surface area (Å²) in [5.41, 5.74) is 1.41. The van der Waals surface area contributed by atoms with Gasteiger partial charge in [0.1, 0.15) is 24.0 Å². The van der Waals surface area contributed by atoms with Crippen molar-refractivity contribution in [2.45, 2.75) is 6.92 Å². The lowest BCUT2D eigenvalue weighted by Gasteiger charge is -2.09. The Morgan fingerprint density at radius 2 is 2.00 bits per heavy atom. The van der Waals surface area contributed by atoms with Gasteiger partial charge < -0.3 is 10.1 Å². The summed E-state index contributed by atoms with van der Waals surface area (Å²) < 4.78 is 6.39. The van der Waals surface area contributed by atoms with Crippen molar-refractivity contribution in [1.29, 1.82) is 0 Å². The van der Waals surface area contributed by atoms with Crippen LogP contribution in [0.1, 0.15) is 5.69 Å². The fourth-order valence-corrected chi connectivity index (χ4v) is 2.06. The number of aryl methyl sites for hydroxylation is 1. The molecule has 0 radical (unpaired) electrons. The van der Waals surface area contributed by atoms with Crippen LogP contribution in [0.3, 0.4) is 0 Å². The van der Waals surface area contributed by atoms with E-state index in [4.69, 9.17) is 4.74 Å². The minimum absolute atomic E-state index is 0.121. The maximum Gasteiger partial charge on any atom is 0.307 e. The Hall–Kier alpha value is -3.49. The van der Waals surface area contributed by atoms with E-state index in [1.54, 1.807) is 13.2 Å². The Morgan fingerprint density at radius 1 is 1.25 bits per heavy atom. The second-order valence-electron chi connectivity index (χ2n) is 4.95. The van der Waals surface area contributed by atoms with Crippen LogP contribution in [0.15, 0.2) is 42.7 Å². The topological polar surface area (TPSA) is 108 Å². The van der Waals surface area contributed by atoms with Crippen molar-refractivity contribution < 1.29 is 9.66 Å². The number of anilines is 2. The average molecular weight is 326 g/mol. The summed E-state index contributed by atoms with van der Waals surface area (Å²) in [6.07, 6.45) is 2.42. The predicted molar refractivity (Wildman–Crippen MR) is 86.8 cm³/mol. The number of ether oxygens (including phenoxy) is 1. The SMILES string of the molecule is COc1ccc(Nc2cc(C)nc(-n3cc([N+](=O)[O-])cn3)n2)cc1. The largest absolute Gasteiger partial charge is 0.497 e. The molecule has 0 unspecified atom stereocenters. The van der Waals surface area contributed by atoms with Gasteiger partial charge in [-0.15, -0.1) is 0 Å². The van der Waals surface area contributed by atoms with Gasteiger partial charge in [-0.25, -0.2) is 4.98 Å². The molecule has 1 N–H and O–H groups in total. The monoisotopic (exact) mass is 326 g/mol. The fourth-order valence-electron chi connectivity index (χ4n) is 2.06. The molecule has 9 heteroatoms. The number of benzene rings is 1. The maximum absolute atomic E-state index is 10.8. The van der Waals surface area contributed by atoms with Crippen LogP contribution in [-0.2, 0) is 0 Å². The summed E-state index contributed by atoms with van der Waals surface area (Å²) in [6, 6.07) is 9.14. The number of nitro groups is 1. The Kier molecular flexibility index (Phi) is 4.06. The van der Waals surface area contributed by atoms with E-state index in [0.717, 1.165) is 17.6 Å². The summed E-state index contributed by atoms with van der Waals surface area (Å²) in [7, 11) is 1.60. The highest BCUT2D eigenvalue weighted by Gasteiger charge is 2.12. The number of aromatic nitrogens is 4. The second kappa shape index (κ2) is 6.32. The van der Waals surface area contributed by atoms with Gasteiger partial charge in [0, 0.05) is 17.4 Å². The highest BCUT2D eigenvalue weighted by Crippen LogP contribution is 2.20. The highest BCUT2D eigenvalue weighted by atomic mass is 16.6. The molecule has 0 saturated carbocycles. The molecule has 24 heavy (non-hydrogen) atoms. The van der Waals surface area contributed by atoms with Crippen molar-refractivity contribution in [3.63, 3.8) is 0 Å². The number of rotatable bonds is 5. The van der Waals surface area contributed by atoms with E-state index in [2.05, 4.69) is 20.4 Å². The third-order valence-electron chi connectivity index (χ3n) is 3.19. The maximum atomic E-state index is 10.8. The van der Waals surface area contributed by atoms with E-state index >= 15 is 0 Å². The zero-order valence-corrected chi connectivity index (χ0v) is 13.0. The zero-order chi connectivity index (χ0) is 17.1. The summed E-state index contributed by atoms with van der Waals surface area (Å²) in [6.45, 7) is 1.81. The van der Waals surface area contributed by atoms with Gasteiger partial charge >= 0.3 is 5.69 Å². The minimum atomic E-state index is -0.518. The van der Waals surface area contributed by atoms with Gasteiger partial charge in [0.25, 0.3) is 5.95 Å². The van der Waals surface area contributed by atoms with Crippen LogP contribution in [0.5, 0.6) is 5.75 Å². The lowest BCUT2D eigenvalue weighted by atomic mass is 10.3. The van der Waals surface area contributed by atoms with Gasteiger partial charge in [-0.1, -0.05) is 0 Å². The van der Waals surface area contributed by atoms with E-state index in [1.807, 2.05) is 31.2 Å². The normalized spacial score (nSPS) is 10.4. The lowest BCUT2D eigenvalue weighted by Crippen LogP contribution is -2.05. The van der Waals surface area contributed by atoms with E-state index in [1.165, 1.54) is 10.9 Å². The third-order valence-corrected chi connectivity index (χ3v) is 3.19. The fraction of sp³-hybridized carbons (Fsp3) is 0.133. The summed E-state index contributed by atoms with van der Waals surface area (Å²) in [5.74, 6) is 1.56. The average Bonchev–Trinajstić information content (AvgIpc) is 3.05. The standard InChI is InChI=1S/C15H14N6O3/c1-10-7-14(18-11-3-5-13(24-2)6-4-11)19-15(17-10)20-9-12(8-16-20)21(22)23/h3-9H,1-2H3,(H,17,18,19). The Morgan fingerprint density at radius 3 is 2.62 bits per heavy atom. The number of nitrogens with one attached hydrogen (secondary N) is 1. The van der Waals surface area contributed by atoms with Crippen LogP contribution in [0.2, 0.25) is 0 Å². The van der Waals surface area contributed by atoms with Crippen molar-refractivity contribution in [2.75, 3.05) is 12.4 Å². The molecular weight excluding hydrogens is 312 g/mol. The van der Waals surface area contributed by atoms with Crippen molar-refractivity contribution in [3.05, 3.63) is 58.5 Å². The molecule has 0 saturated heterocycles. The molecule has 3 rings (SSSR count). The predicted octanol–water partition coefficient (Wildman–Crippen LogP) is 2.63. The van der Waals surface area contributed by atoms with Crippen molar-refractivity contribution in [3.8, 4) is 11.7 Å². The Balaban J connectivity index is 1.88. The molecule has 0 bridgehead atoms. The van der Waals surface area contributed by atoms with Crippen LogP contribution < -0.4 is 10.1 Å². The van der Waals surface area contributed by atoms with Gasteiger partial charge in [0.15, 0.2) is 0 Å².